The van der Waals surface area contributed by atoms with Gasteiger partial charge in [0.1, 0.15) is 17.4 Å². The van der Waals surface area contributed by atoms with E-state index in [9.17, 15) is 23.2 Å². The highest BCUT2D eigenvalue weighted by molar-refractivity contribution is 5.90. The molecule has 2 saturated heterocycles. The standard InChI is InChI=1S/C21H28F2N4O5/c1-13(28)24-11-15-12-27(20(30)31-15)14-9-16(22)18(17(23)10-14)25-5-7-26(8-6-25)19(29)32-21(2,3)4/h9-10,15H,5-8,11-12H2,1-4H3,(H,24,28). The number of nitrogens with one attached hydrogen (secondary N) is 1. The minimum absolute atomic E-state index is 0.0338. The van der Waals surface area contributed by atoms with Gasteiger partial charge in [-0.3, -0.25) is 9.69 Å². The number of ether oxygens (including phenoxy) is 2. The first-order chi connectivity index (χ1) is 14.9. The summed E-state index contributed by atoms with van der Waals surface area (Å²) >= 11 is 0. The molecule has 176 valence electrons. The predicted molar refractivity (Wildman–Crippen MR) is 113 cm³/mol. The maximum Gasteiger partial charge on any atom is 0.414 e. The van der Waals surface area contributed by atoms with E-state index in [1.807, 2.05) is 0 Å². The number of cyclic esters (lactones) is 1. The lowest BCUT2D eigenvalue weighted by Gasteiger charge is -2.37. The zero-order valence-electron chi connectivity index (χ0n) is 18.6. The van der Waals surface area contributed by atoms with Crippen molar-refractivity contribution >= 4 is 29.5 Å². The Bertz CT molecular complexity index is 874. The van der Waals surface area contributed by atoms with Crippen LogP contribution < -0.4 is 15.1 Å². The molecule has 0 radical (unpaired) electrons. The zero-order chi connectivity index (χ0) is 23.6. The lowest BCUT2D eigenvalue weighted by atomic mass is 10.2. The Balaban J connectivity index is 1.66. The Hall–Kier alpha value is -3.11. The third-order valence-corrected chi connectivity index (χ3v) is 5.01. The lowest BCUT2D eigenvalue weighted by molar-refractivity contribution is -0.119. The van der Waals surface area contributed by atoms with Gasteiger partial charge in [-0.2, -0.15) is 0 Å². The van der Waals surface area contributed by atoms with Crippen LogP contribution in [0.15, 0.2) is 12.1 Å². The van der Waals surface area contributed by atoms with Crippen molar-refractivity contribution in [3.63, 3.8) is 0 Å². The average molecular weight is 454 g/mol. The van der Waals surface area contributed by atoms with Gasteiger partial charge >= 0.3 is 12.2 Å². The quantitative estimate of drug-likeness (QED) is 0.752. The highest BCUT2D eigenvalue weighted by atomic mass is 19.1. The lowest BCUT2D eigenvalue weighted by Crippen LogP contribution is -2.50. The minimum atomic E-state index is -0.816. The molecule has 3 rings (SSSR count). The first-order valence-corrected chi connectivity index (χ1v) is 10.4. The summed E-state index contributed by atoms with van der Waals surface area (Å²) in [4.78, 5) is 39.5. The van der Waals surface area contributed by atoms with Gasteiger partial charge in [-0.15, -0.1) is 0 Å². The number of rotatable bonds is 4. The Labute approximate surface area is 185 Å². The van der Waals surface area contributed by atoms with Crippen molar-refractivity contribution < 1.29 is 32.6 Å². The van der Waals surface area contributed by atoms with Gasteiger partial charge in [0.05, 0.1) is 18.8 Å². The molecule has 2 fully saturated rings. The topological polar surface area (TPSA) is 91.4 Å². The molecule has 1 aromatic carbocycles. The van der Waals surface area contributed by atoms with Gasteiger partial charge in [-0.1, -0.05) is 0 Å². The second-order valence-electron chi connectivity index (χ2n) is 8.77. The van der Waals surface area contributed by atoms with Crippen LogP contribution in [-0.2, 0) is 14.3 Å². The fourth-order valence-corrected chi connectivity index (χ4v) is 3.55. The zero-order valence-corrected chi connectivity index (χ0v) is 18.6. The average Bonchev–Trinajstić information content (AvgIpc) is 3.05. The third-order valence-electron chi connectivity index (χ3n) is 5.01. The van der Waals surface area contributed by atoms with Gasteiger partial charge in [0.15, 0.2) is 11.6 Å². The van der Waals surface area contributed by atoms with E-state index in [0.29, 0.717) is 0 Å². The Morgan fingerprint density at radius 1 is 1.16 bits per heavy atom. The van der Waals surface area contributed by atoms with Crippen molar-refractivity contribution in [1.82, 2.24) is 10.2 Å². The number of piperazine rings is 1. The first-order valence-electron chi connectivity index (χ1n) is 10.4. The van der Waals surface area contributed by atoms with Crippen LogP contribution >= 0.6 is 0 Å². The molecule has 3 amide bonds. The van der Waals surface area contributed by atoms with E-state index in [0.717, 1.165) is 17.0 Å². The number of amides is 3. The summed E-state index contributed by atoms with van der Waals surface area (Å²) in [5, 5.41) is 2.54. The first kappa shape index (κ1) is 23.6. The summed E-state index contributed by atoms with van der Waals surface area (Å²) in [6.45, 7) is 7.81. The second-order valence-corrected chi connectivity index (χ2v) is 8.77. The van der Waals surface area contributed by atoms with Crippen LogP contribution in [0.4, 0.5) is 29.7 Å². The van der Waals surface area contributed by atoms with E-state index in [2.05, 4.69) is 5.32 Å². The second kappa shape index (κ2) is 9.17. The molecule has 1 atom stereocenters. The van der Waals surface area contributed by atoms with Gasteiger partial charge in [-0.25, -0.2) is 18.4 Å². The number of halogens is 2. The van der Waals surface area contributed by atoms with Crippen molar-refractivity contribution in [1.29, 1.82) is 0 Å². The number of carbonyl (C=O) groups is 3. The van der Waals surface area contributed by atoms with Crippen molar-refractivity contribution in [2.45, 2.75) is 39.4 Å². The van der Waals surface area contributed by atoms with Crippen LogP contribution in [0.5, 0.6) is 0 Å². The van der Waals surface area contributed by atoms with Crippen molar-refractivity contribution in [2.24, 2.45) is 0 Å². The number of anilines is 2. The number of hydrogen-bond donors (Lipinski definition) is 1. The summed E-state index contributed by atoms with van der Waals surface area (Å²) in [6, 6.07) is 2.17. The molecule has 2 heterocycles. The van der Waals surface area contributed by atoms with E-state index in [1.54, 1.807) is 20.8 Å². The van der Waals surface area contributed by atoms with Crippen LogP contribution in [0.1, 0.15) is 27.7 Å². The van der Waals surface area contributed by atoms with Gasteiger partial charge in [0, 0.05) is 45.2 Å². The molecule has 0 aliphatic carbocycles. The molecule has 1 N–H and O–H groups in total. The van der Waals surface area contributed by atoms with Crippen molar-refractivity contribution in [3.05, 3.63) is 23.8 Å². The normalized spacial score (nSPS) is 19.1. The minimum Gasteiger partial charge on any atom is -0.444 e. The van der Waals surface area contributed by atoms with E-state index in [-0.39, 0.29) is 56.6 Å². The van der Waals surface area contributed by atoms with Crippen LogP contribution in [0.2, 0.25) is 0 Å². The molecule has 2 aliphatic heterocycles. The fourth-order valence-electron chi connectivity index (χ4n) is 3.55. The molecule has 1 unspecified atom stereocenters. The highest BCUT2D eigenvalue weighted by Gasteiger charge is 2.34. The molecular weight excluding hydrogens is 426 g/mol. The van der Waals surface area contributed by atoms with E-state index in [4.69, 9.17) is 9.47 Å². The largest absolute Gasteiger partial charge is 0.444 e. The molecule has 9 nitrogen and oxygen atoms in total. The van der Waals surface area contributed by atoms with Crippen molar-refractivity contribution in [3.8, 4) is 0 Å². The van der Waals surface area contributed by atoms with E-state index in [1.165, 1.54) is 16.7 Å². The number of nitrogens with zero attached hydrogens (tertiary/aromatic N) is 3. The van der Waals surface area contributed by atoms with Crippen LogP contribution in [0.3, 0.4) is 0 Å². The number of hydrogen-bond acceptors (Lipinski definition) is 6. The molecule has 0 spiro atoms. The summed E-state index contributed by atoms with van der Waals surface area (Å²) in [6.07, 6.45) is -1.81. The summed E-state index contributed by atoms with van der Waals surface area (Å²) in [7, 11) is 0. The fraction of sp³-hybridized carbons (Fsp3) is 0.571. The van der Waals surface area contributed by atoms with Crippen LogP contribution in [-0.4, -0.2) is 74.0 Å². The Morgan fingerprint density at radius 3 is 2.28 bits per heavy atom. The molecule has 0 bridgehead atoms. The van der Waals surface area contributed by atoms with Crippen molar-refractivity contribution in [2.75, 3.05) is 49.1 Å². The number of benzene rings is 1. The molecule has 32 heavy (non-hydrogen) atoms. The maximum atomic E-state index is 14.9. The molecular formula is C21H28F2N4O5. The SMILES string of the molecule is CC(=O)NCC1CN(c2cc(F)c(N3CCN(C(=O)OC(C)(C)C)CC3)c(F)c2)C(=O)O1. The Morgan fingerprint density at radius 2 is 1.75 bits per heavy atom. The molecule has 11 heteroatoms. The van der Waals surface area contributed by atoms with Crippen LogP contribution in [0.25, 0.3) is 0 Å². The van der Waals surface area contributed by atoms with Crippen LogP contribution in [0, 0.1) is 11.6 Å². The van der Waals surface area contributed by atoms with Gasteiger partial charge < -0.3 is 24.6 Å². The summed E-state index contributed by atoms with van der Waals surface area (Å²) in [5.41, 5.74) is -0.799. The van der Waals surface area contributed by atoms with Gasteiger partial charge in [0.25, 0.3) is 0 Å². The summed E-state index contributed by atoms with van der Waals surface area (Å²) < 4.78 is 40.2. The monoisotopic (exact) mass is 454 g/mol. The molecule has 0 saturated carbocycles. The van der Waals surface area contributed by atoms with E-state index < -0.39 is 35.5 Å². The molecule has 0 aromatic heterocycles. The summed E-state index contributed by atoms with van der Waals surface area (Å²) in [5.74, 6) is -1.90. The van der Waals surface area contributed by atoms with Gasteiger partial charge in [0.2, 0.25) is 5.91 Å². The Kier molecular flexibility index (Phi) is 6.75. The maximum absolute atomic E-state index is 14.9. The number of carbonyl (C=O) groups excluding carboxylic acids is 3. The smallest absolute Gasteiger partial charge is 0.414 e. The van der Waals surface area contributed by atoms with E-state index >= 15 is 0 Å². The van der Waals surface area contributed by atoms with Gasteiger partial charge in [-0.05, 0) is 20.8 Å². The molecule has 1 aromatic rings. The third kappa shape index (κ3) is 5.57. The molecule has 2 aliphatic rings. The highest BCUT2D eigenvalue weighted by Crippen LogP contribution is 2.31. The predicted octanol–water partition coefficient (Wildman–Crippen LogP) is 2.48.